The number of carboxylic acids is 1. The second-order valence-corrected chi connectivity index (χ2v) is 11.6. The number of carbonyl (C=O) groups excluding carboxylic acids is 1. The molecule has 0 unspecified atom stereocenters. The van der Waals surface area contributed by atoms with Gasteiger partial charge in [-0.15, -0.1) is 0 Å². The zero-order chi connectivity index (χ0) is 31.1. The van der Waals surface area contributed by atoms with Gasteiger partial charge in [0.05, 0.1) is 34.0 Å². The third-order valence-electron chi connectivity index (χ3n) is 7.71. The number of allylic oxidation sites excluding steroid dienone is 1. The predicted molar refractivity (Wildman–Crippen MR) is 164 cm³/mol. The summed E-state index contributed by atoms with van der Waals surface area (Å²) in [6.45, 7) is 7.90. The maximum absolute atomic E-state index is 14.2. The fourth-order valence-corrected chi connectivity index (χ4v) is 6.78. The predicted octanol–water partition coefficient (Wildman–Crippen LogP) is 4.41. The number of esters is 1. The molecular weight excluding hydrogens is 582 g/mol. The Morgan fingerprint density at radius 1 is 1.11 bits per heavy atom. The van der Waals surface area contributed by atoms with E-state index in [-0.39, 0.29) is 24.5 Å². The number of hydrogen-bond acceptors (Lipinski definition) is 8. The van der Waals surface area contributed by atoms with Gasteiger partial charge in [0.1, 0.15) is 0 Å². The number of aromatic carboxylic acids is 1. The van der Waals surface area contributed by atoms with Gasteiger partial charge in [0.2, 0.25) is 6.79 Å². The largest absolute Gasteiger partial charge is 0.478 e. The van der Waals surface area contributed by atoms with Crippen molar-refractivity contribution in [1.29, 1.82) is 0 Å². The Kier molecular flexibility index (Phi) is 7.73. The maximum atomic E-state index is 14.2. The van der Waals surface area contributed by atoms with Gasteiger partial charge in [0.25, 0.3) is 5.56 Å². The number of benzene rings is 2. The molecule has 0 radical (unpaired) electrons. The molecule has 2 aromatic carbocycles. The maximum Gasteiger partial charge on any atom is 0.338 e. The Hall–Kier alpha value is -4.90. The summed E-state index contributed by atoms with van der Waals surface area (Å²) in [5.41, 5.74) is 4.78. The molecule has 1 atom stereocenters. The molecule has 226 valence electrons. The summed E-state index contributed by atoms with van der Waals surface area (Å²) in [5.74, 6) is -0.372. The number of hydrogen-bond donors (Lipinski definition) is 1. The molecule has 6 rings (SSSR count). The van der Waals surface area contributed by atoms with Crippen LogP contribution < -0.4 is 24.4 Å². The molecule has 0 amide bonds. The van der Waals surface area contributed by atoms with Crippen molar-refractivity contribution in [1.82, 2.24) is 9.13 Å². The van der Waals surface area contributed by atoms with Crippen LogP contribution in [0.25, 0.3) is 11.8 Å². The van der Waals surface area contributed by atoms with Crippen LogP contribution in [0.15, 0.2) is 69.6 Å². The van der Waals surface area contributed by atoms with Crippen LogP contribution in [0, 0.1) is 13.8 Å². The minimum Gasteiger partial charge on any atom is -0.478 e. The van der Waals surface area contributed by atoms with Gasteiger partial charge < -0.3 is 23.9 Å². The van der Waals surface area contributed by atoms with Gasteiger partial charge in [0, 0.05) is 17.1 Å². The van der Waals surface area contributed by atoms with Crippen molar-refractivity contribution in [2.24, 2.45) is 4.99 Å². The highest BCUT2D eigenvalue weighted by Gasteiger charge is 2.35. The normalized spacial score (nSPS) is 15.7. The lowest BCUT2D eigenvalue weighted by Gasteiger charge is -2.25. The van der Waals surface area contributed by atoms with E-state index in [0.717, 1.165) is 23.4 Å². The summed E-state index contributed by atoms with van der Waals surface area (Å²) in [6, 6.07) is 13.3. The van der Waals surface area contributed by atoms with Crippen molar-refractivity contribution < 1.29 is 28.9 Å². The average molecular weight is 614 g/mol. The first-order chi connectivity index (χ1) is 21.2. The van der Waals surface area contributed by atoms with Gasteiger partial charge >= 0.3 is 11.9 Å². The molecule has 2 aliphatic heterocycles. The van der Waals surface area contributed by atoms with Crippen LogP contribution in [0.2, 0.25) is 0 Å². The van der Waals surface area contributed by atoms with Gasteiger partial charge in [-0.05, 0) is 80.8 Å². The van der Waals surface area contributed by atoms with Gasteiger partial charge in [-0.3, -0.25) is 9.36 Å². The summed E-state index contributed by atoms with van der Waals surface area (Å²) in [7, 11) is 0. The van der Waals surface area contributed by atoms with Crippen molar-refractivity contribution in [3.8, 4) is 17.2 Å². The molecule has 4 aromatic rings. The monoisotopic (exact) mass is 613 g/mol. The molecule has 2 aliphatic rings. The van der Waals surface area contributed by atoms with Crippen LogP contribution in [0.5, 0.6) is 11.5 Å². The second-order valence-electron chi connectivity index (χ2n) is 10.5. The zero-order valence-electron chi connectivity index (χ0n) is 24.7. The molecule has 0 saturated carbocycles. The molecule has 4 heterocycles. The summed E-state index contributed by atoms with van der Waals surface area (Å²) in [4.78, 5) is 44.6. The number of ether oxygens (including phenoxy) is 3. The summed E-state index contributed by atoms with van der Waals surface area (Å²) in [6.07, 6.45) is 3.12. The summed E-state index contributed by atoms with van der Waals surface area (Å²) >= 11 is 1.26. The lowest BCUT2D eigenvalue weighted by molar-refractivity contribution is -0.139. The van der Waals surface area contributed by atoms with Crippen molar-refractivity contribution in [3.05, 3.63) is 108 Å². The second kappa shape index (κ2) is 11.6. The SMILES string of the molecule is CCCC1=C(C(=O)OCC)[C@@H](c2ccc3c(c2)OCO3)n2c(s/c(=C\c3cc(C)n(-c4cccc(C(=O)O)c4)c3C)c2=O)=N1. The third kappa shape index (κ3) is 5.02. The highest BCUT2D eigenvalue weighted by atomic mass is 32.1. The number of thiazole rings is 1. The van der Waals surface area contributed by atoms with Crippen LogP contribution in [0.1, 0.15) is 65.6 Å². The Bertz CT molecular complexity index is 2030. The van der Waals surface area contributed by atoms with E-state index in [2.05, 4.69) is 0 Å². The van der Waals surface area contributed by atoms with E-state index >= 15 is 0 Å². The van der Waals surface area contributed by atoms with E-state index in [9.17, 15) is 19.5 Å². The standard InChI is InChI=1S/C33H31N3O7S/c1-5-8-24-28(32(40)41-6-2)29(20-11-12-25-26(15-20)43-17-42-25)36-30(37)27(44-33(36)34-24)16-22-13-18(3)35(19(22)4)23-10-7-9-21(14-23)31(38)39/h7,9-16,29H,5-6,8,17H2,1-4H3,(H,38,39)/b27-16-/t29-/m1/s1. The van der Waals surface area contributed by atoms with E-state index in [4.69, 9.17) is 19.2 Å². The molecular formula is C33H31N3O7S. The van der Waals surface area contributed by atoms with Gasteiger partial charge in [-0.1, -0.05) is 36.8 Å². The van der Waals surface area contributed by atoms with Crippen LogP contribution in [0.4, 0.5) is 0 Å². The molecule has 10 nitrogen and oxygen atoms in total. The lowest BCUT2D eigenvalue weighted by atomic mass is 9.94. The fourth-order valence-electron chi connectivity index (χ4n) is 5.77. The number of aryl methyl sites for hydroxylation is 1. The Morgan fingerprint density at radius 3 is 2.66 bits per heavy atom. The number of aromatic nitrogens is 2. The summed E-state index contributed by atoms with van der Waals surface area (Å²) < 4.78 is 20.6. The van der Waals surface area contributed by atoms with Gasteiger partial charge in [-0.2, -0.15) is 0 Å². The minimum absolute atomic E-state index is 0.0994. The minimum atomic E-state index is -1.00. The van der Waals surface area contributed by atoms with E-state index < -0.39 is 18.0 Å². The van der Waals surface area contributed by atoms with Gasteiger partial charge in [-0.25, -0.2) is 14.6 Å². The average Bonchev–Trinajstić information content (AvgIpc) is 3.67. The fraction of sp³-hybridized carbons (Fsp3) is 0.273. The Morgan fingerprint density at radius 2 is 1.91 bits per heavy atom. The van der Waals surface area contributed by atoms with Gasteiger partial charge in [0.15, 0.2) is 16.3 Å². The van der Waals surface area contributed by atoms with E-state index in [1.54, 1.807) is 41.8 Å². The molecule has 44 heavy (non-hydrogen) atoms. The molecule has 0 saturated heterocycles. The number of fused-ring (bicyclic) bond motifs is 2. The van der Waals surface area contributed by atoms with Crippen molar-refractivity contribution in [2.75, 3.05) is 13.4 Å². The lowest BCUT2D eigenvalue weighted by Crippen LogP contribution is -2.40. The molecule has 11 heteroatoms. The number of carboxylic acid groups (broad SMARTS) is 1. The highest BCUT2D eigenvalue weighted by molar-refractivity contribution is 7.07. The first-order valence-corrected chi connectivity index (χ1v) is 15.2. The molecule has 0 aliphatic carbocycles. The van der Waals surface area contributed by atoms with Crippen LogP contribution in [-0.4, -0.2) is 39.6 Å². The molecule has 1 N–H and O–H groups in total. The van der Waals surface area contributed by atoms with E-state index in [1.807, 2.05) is 49.6 Å². The Balaban J connectivity index is 1.53. The number of carbonyl (C=O) groups is 2. The molecule has 0 spiro atoms. The zero-order valence-corrected chi connectivity index (χ0v) is 25.6. The smallest absolute Gasteiger partial charge is 0.338 e. The summed E-state index contributed by atoms with van der Waals surface area (Å²) in [5, 5.41) is 9.48. The molecule has 0 bridgehead atoms. The number of rotatable bonds is 8. The van der Waals surface area contributed by atoms with Crippen molar-refractivity contribution in [3.63, 3.8) is 0 Å². The number of nitrogens with zero attached hydrogens (tertiary/aromatic N) is 3. The van der Waals surface area contributed by atoms with Crippen LogP contribution >= 0.6 is 11.3 Å². The topological polar surface area (TPSA) is 121 Å². The molecule has 2 aromatic heterocycles. The highest BCUT2D eigenvalue weighted by Crippen LogP contribution is 2.39. The van der Waals surface area contributed by atoms with Crippen molar-refractivity contribution >= 4 is 29.4 Å². The van der Waals surface area contributed by atoms with E-state index in [1.165, 1.54) is 11.3 Å². The van der Waals surface area contributed by atoms with Crippen molar-refractivity contribution in [2.45, 2.75) is 46.6 Å². The van der Waals surface area contributed by atoms with E-state index in [0.29, 0.717) is 49.8 Å². The quantitative estimate of drug-likeness (QED) is 0.292. The Labute approximate surface area is 256 Å². The first kappa shape index (κ1) is 29.2. The van der Waals surface area contributed by atoms with Crippen LogP contribution in [-0.2, 0) is 9.53 Å². The third-order valence-corrected chi connectivity index (χ3v) is 8.70. The van der Waals surface area contributed by atoms with Crippen LogP contribution in [0.3, 0.4) is 0 Å². The molecule has 0 fully saturated rings. The first-order valence-electron chi connectivity index (χ1n) is 14.4.